The van der Waals surface area contributed by atoms with E-state index < -0.39 is 5.69 Å². The minimum atomic E-state index is -0.454. The van der Waals surface area contributed by atoms with Crippen molar-refractivity contribution in [3.63, 3.8) is 0 Å². The summed E-state index contributed by atoms with van der Waals surface area (Å²) in [5.41, 5.74) is 0.883. The second kappa shape index (κ2) is 7.27. The highest BCUT2D eigenvalue weighted by atomic mass is 32.1. The summed E-state index contributed by atoms with van der Waals surface area (Å²) in [4.78, 5) is 38.7. The molecule has 0 aliphatic rings. The van der Waals surface area contributed by atoms with E-state index in [0.29, 0.717) is 23.1 Å². The number of aromatic amines is 1. The van der Waals surface area contributed by atoms with Crippen LogP contribution in [-0.4, -0.2) is 22.0 Å². The van der Waals surface area contributed by atoms with Crippen LogP contribution in [0, 0.1) is 0 Å². The van der Waals surface area contributed by atoms with Crippen LogP contribution in [0.15, 0.2) is 51.4 Å². The molecule has 2 aromatic heterocycles. The van der Waals surface area contributed by atoms with Crippen LogP contribution in [0.25, 0.3) is 10.2 Å². The molecule has 0 saturated heterocycles. The lowest BCUT2D eigenvalue weighted by atomic mass is 10.1. The van der Waals surface area contributed by atoms with Gasteiger partial charge in [-0.25, -0.2) is 4.79 Å². The summed E-state index contributed by atoms with van der Waals surface area (Å²) < 4.78 is 1.64. The molecule has 7 heteroatoms. The lowest BCUT2D eigenvalue weighted by Crippen LogP contribution is -2.38. The van der Waals surface area contributed by atoms with Crippen molar-refractivity contribution in [2.24, 2.45) is 0 Å². The molecule has 24 heavy (non-hydrogen) atoms. The highest BCUT2D eigenvalue weighted by Gasteiger charge is 2.09. The number of aryl methyl sites for hydroxylation is 1. The van der Waals surface area contributed by atoms with Crippen LogP contribution in [0.2, 0.25) is 0 Å². The third kappa shape index (κ3) is 3.62. The summed E-state index contributed by atoms with van der Waals surface area (Å²) in [6.45, 7) is 0.395. The van der Waals surface area contributed by atoms with Crippen molar-refractivity contribution in [2.45, 2.75) is 19.4 Å². The Balaban J connectivity index is 1.56. The molecule has 3 rings (SSSR count). The minimum absolute atomic E-state index is 0.0967. The topological polar surface area (TPSA) is 84.0 Å². The first-order valence-corrected chi connectivity index (χ1v) is 8.54. The molecule has 2 heterocycles. The maximum atomic E-state index is 12.2. The van der Waals surface area contributed by atoms with Gasteiger partial charge in [0.2, 0.25) is 5.91 Å². The van der Waals surface area contributed by atoms with Gasteiger partial charge in [-0.15, -0.1) is 11.3 Å². The molecule has 0 bridgehead atoms. The van der Waals surface area contributed by atoms with Gasteiger partial charge in [0.1, 0.15) is 4.70 Å². The minimum Gasteiger partial charge on any atom is -0.354 e. The van der Waals surface area contributed by atoms with Crippen LogP contribution in [-0.2, 0) is 17.8 Å². The van der Waals surface area contributed by atoms with E-state index in [9.17, 15) is 14.4 Å². The molecular weight excluding hydrogens is 326 g/mol. The van der Waals surface area contributed by atoms with Gasteiger partial charge in [-0.3, -0.25) is 14.2 Å². The van der Waals surface area contributed by atoms with Crippen molar-refractivity contribution in [1.29, 1.82) is 0 Å². The van der Waals surface area contributed by atoms with Crippen molar-refractivity contribution < 1.29 is 4.79 Å². The van der Waals surface area contributed by atoms with E-state index in [1.165, 1.54) is 11.3 Å². The maximum Gasteiger partial charge on any atom is 0.328 e. The van der Waals surface area contributed by atoms with Crippen LogP contribution in [0.4, 0.5) is 0 Å². The van der Waals surface area contributed by atoms with E-state index in [-0.39, 0.29) is 24.6 Å². The fourth-order valence-electron chi connectivity index (χ4n) is 2.47. The zero-order valence-electron chi connectivity index (χ0n) is 13.0. The zero-order valence-corrected chi connectivity index (χ0v) is 13.8. The first-order chi connectivity index (χ1) is 11.6. The van der Waals surface area contributed by atoms with Gasteiger partial charge in [0.15, 0.2) is 0 Å². The molecule has 0 fully saturated rings. The normalized spacial score (nSPS) is 10.8. The van der Waals surface area contributed by atoms with Crippen molar-refractivity contribution in [2.75, 3.05) is 6.54 Å². The van der Waals surface area contributed by atoms with Crippen LogP contribution in [0.1, 0.15) is 12.0 Å². The molecule has 0 saturated carbocycles. The standard InChI is InChI=1S/C17H17N3O3S/c21-14(7-6-12-4-2-1-3-5-12)18-9-10-20-16(22)15-13(8-11-24-15)19-17(20)23/h1-5,8,11H,6-7,9-10H2,(H,18,21)(H,19,23). The Morgan fingerprint density at radius 3 is 2.75 bits per heavy atom. The number of aromatic nitrogens is 2. The van der Waals surface area contributed by atoms with Crippen molar-refractivity contribution in [3.8, 4) is 0 Å². The van der Waals surface area contributed by atoms with Gasteiger partial charge in [-0.1, -0.05) is 30.3 Å². The Hall–Kier alpha value is -2.67. The Bertz CT molecular complexity index is 956. The van der Waals surface area contributed by atoms with E-state index in [4.69, 9.17) is 0 Å². The number of rotatable bonds is 6. The van der Waals surface area contributed by atoms with E-state index in [0.717, 1.165) is 10.1 Å². The van der Waals surface area contributed by atoms with Gasteiger partial charge < -0.3 is 10.3 Å². The van der Waals surface area contributed by atoms with Crippen molar-refractivity contribution >= 4 is 27.5 Å². The second-order valence-electron chi connectivity index (χ2n) is 5.39. The summed E-state index contributed by atoms with van der Waals surface area (Å²) in [6, 6.07) is 11.5. The summed E-state index contributed by atoms with van der Waals surface area (Å²) in [6.07, 6.45) is 1.04. The smallest absolute Gasteiger partial charge is 0.328 e. The molecule has 0 atom stereocenters. The fraction of sp³-hybridized carbons (Fsp3) is 0.235. The number of nitrogens with zero attached hydrogens (tertiary/aromatic N) is 1. The lowest BCUT2D eigenvalue weighted by Gasteiger charge is -2.07. The number of carbonyl (C=O) groups is 1. The highest BCUT2D eigenvalue weighted by molar-refractivity contribution is 7.17. The van der Waals surface area contributed by atoms with Crippen molar-refractivity contribution in [1.82, 2.24) is 14.9 Å². The third-order valence-electron chi connectivity index (χ3n) is 3.73. The van der Waals surface area contributed by atoms with E-state index in [1.807, 2.05) is 30.3 Å². The highest BCUT2D eigenvalue weighted by Crippen LogP contribution is 2.11. The molecule has 0 spiro atoms. The van der Waals surface area contributed by atoms with E-state index >= 15 is 0 Å². The van der Waals surface area contributed by atoms with Gasteiger partial charge in [-0.2, -0.15) is 0 Å². The van der Waals surface area contributed by atoms with Crippen LogP contribution in [0.5, 0.6) is 0 Å². The third-order valence-corrected chi connectivity index (χ3v) is 4.63. The Kier molecular flexibility index (Phi) is 4.90. The number of fused-ring (bicyclic) bond motifs is 1. The van der Waals surface area contributed by atoms with Gasteiger partial charge in [0.05, 0.1) is 5.52 Å². The van der Waals surface area contributed by atoms with Crippen LogP contribution >= 0.6 is 11.3 Å². The lowest BCUT2D eigenvalue weighted by molar-refractivity contribution is -0.121. The zero-order chi connectivity index (χ0) is 16.9. The Morgan fingerprint density at radius 1 is 1.17 bits per heavy atom. The molecule has 0 unspecified atom stereocenters. The quantitative estimate of drug-likeness (QED) is 0.711. The number of hydrogen-bond donors (Lipinski definition) is 2. The number of amides is 1. The summed E-state index contributed by atoms with van der Waals surface area (Å²) >= 11 is 1.29. The monoisotopic (exact) mass is 343 g/mol. The van der Waals surface area contributed by atoms with Gasteiger partial charge in [0.25, 0.3) is 5.56 Å². The predicted molar refractivity (Wildman–Crippen MR) is 94.5 cm³/mol. The largest absolute Gasteiger partial charge is 0.354 e. The second-order valence-corrected chi connectivity index (χ2v) is 6.30. The van der Waals surface area contributed by atoms with E-state index in [2.05, 4.69) is 10.3 Å². The number of nitrogens with one attached hydrogen (secondary N) is 2. The average molecular weight is 343 g/mol. The average Bonchev–Trinajstić information content (AvgIpc) is 3.05. The van der Waals surface area contributed by atoms with Gasteiger partial charge in [-0.05, 0) is 23.4 Å². The van der Waals surface area contributed by atoms with E-state index in [1.54, 1.807) is 11.4 Å². The molecule has 0 aliphatic carbocycles. The number of benzene rings is 1. The molecule has 3 aromatic rings. The number of hydrogen-bond acceptors (Lipinski definition) is 4. The molecule has 1 aromatic carbocycles. The van der Waals surface area contributed by atoms with Gasteiger partial charge in [0, 0.05) is 19.5 Å². The molecule has 124 valence electrons. The number of carbonyl (C=O) groups excluding carboxylic acids is 1. The molecule has 0 aliphatic heterocycles. The molecule has 1 amide bonds. The number of thiophene rings is 1. The number of H-pyrrole nitrogens is 1. The van der Waals surface area contributed by atoms with Gasteiger partial charge >= 0.3 is 5.69 Å². The molecule has 2 N–H and O–H groups in total. The first kappa shape index (κ1) is 16.2. The van der Waals surface area contributed by atoms with Crippen molar-refractivity contribution in [3.05, 3.63) is 68.2 Å². The Labute approximate surface area is 141 Å². The Morgan fingerprint density at radius 2 is 1.96 bits per heavy atom. The predicted octanol–water partition coefficient (Wildman–Crippen LogP) is 1.50. The first-order valence-electron chi connectivity index (χ1n) is 7.66. The maximum absolute atomic E-state index is 12.2. The summed E-state index contributed by atoms with van der Waals surface area (Å²) in [7, 11) is 0. The SMILES string of the molecule is O=C(CCc1ccccc1)NCCn1c(=O)[nH]c2ccsc2c1=O. The summed E-state index contributed by atoms with van der Waals surface area (Å²) in [5.74, 6) is -0.0967. The summed E-state index contributed by atoms with van der Waals surface area (Å²) in [5, 5.41) is 4.51. The molecule has 0 radical (unpaired) electrons. The fourth-order valence-corrected chi connectivity index (χ4v) is 3.27. The molecular formula is C17H17N3O3S. The van der Waals surface area contributed by atoms with Crippen LogP contribution < -0.4 is 16.6 Å². The molecule has 6 nitrogen and oxygen atoms in total. The van der Waals surface area contributed by atoms with Crippen LogP contribution in [0.3, 0.4) is 0 Å².